The molecule has 0 atom stereocenters. The van der Waals surface area contributed by atoms with Crippen LogP contribution in [0.4, 0.5) is 0 Å². The molecule has 0 fully saturated rings. The number of rotatable bonds is 6. The molecule has 0 amide bonds. The number of hydrogen-bond donors (Lipinski definition) is 0. The van der Waals surface area contributed by atoms with Gasteiger partial charge in [-0.25, -0.2) is 0 Å². The lowest BCUT2D eigenvalue weighted by atomic mass is 10.2. The quantitative estimate of drug-likeness (QED) is 0.357. The summed E-state index contributed by atoms with van der Waals surface area (Å²) in [4.78, 5) is 1.35. The van der Waals surface area contributed by atoms with Crippen molar-refractivity contribution in [2.45, 2.75) is 20.0 Å². The molecular formula is C26H26OPS+. The molecule has 0 unspecified atom stereocenters. The molecule has 0 saturated heterocycles. The van der Waals surface area contributed by atoms with Gasteiger partial charge in [0.15, 0.2) is 5.06 Å². The van der Waals surface area contributed by atoms with Crippen molar-refractivity contribution in [1.29, 1.82) is 0 Å². The van der Waals surface area contributed by atoms with E-state index >= 15 is 0 Å². The maximum absolute atomic E-state index is 5.67. The molecule has 0 aliphatic carbocycles. The molecule has 1 aromatic heterocycles. The molecule has 4 aromatic rings. The van der Waals surface area contributed by atoms with Gasteiger partial charge in [-0.05, 0) is 50.2 Å². The van der Waals surface area contributed by atoms with Gasteiger partial charge in [-0.3, -0.25) is 0 Å². The number of methoxy groups -OCH3 is 1. The summed E-state index contributed by atoms with van der Waals surface area (Å²) >= 11 is 1.76. The Bertz CT molecular complexity index is 975. The Morgan fingerprint density at radius 1 is 0.690 bits per heavy atom. The summed E-state index contributed by atoms with van der Waals surface area (Å²) in [5, 5.41) is 5.29. The van der Waals surface area contributed by atoms with E-state index in [-0.39, 0.29) is 0 Å². The second-order valence-electron chi connectivity index (χ2n) is 7.23. The molecule has 146 valence electrons. The predicted molar refractivity (Wildman–Crippen MR) is 129 cm³/mol. The monoisotopic (exact) mass is 417 g/mol. The van der Waals surface area contributed by atoms with Crippen LogP contribution in [-0.2, 0) is 6.16 Å². The van der Waals surface area contributed by atoms with Gasteiger partial charge in [0.2, 0.25) is 0 Å². The normalized spacial score (nSPS) is 11.4. The number of thiophene rings is 1. The molecule has 0 N–H and O–H groups in total. The van der Waals surface area contributed by atoms with Crippen molar-refractivity contribution in [2.24, 2.45) is 0 Å². The van der Waals surface area contributed by atoms with Gasteiger partial charge in [0.1, 0.15) is 23.2 Å². The van der Waals surface area contributed by atoms with Crippen LogP contribution < -0.4 is 20.7 Å². The fourth-order valence-corrected chi connectivity index (χ4v) is 9.62. The largest absolute Gasteiger partial charge is 0.487 e. The molecule has 0 saturated carbocycles. The van der Waals surface area contributed by atoms with Gasteiger partial charge in [0, 0.05) is 16.0 Å². The van der Waals surface area contributed by atoms with Gasteiger partial charge in [-0.15, -0.1) is 11.3 Å². The zero-order valence-electron chi connectivity index (χ0n) is 17.1. The van der Waals surface area contributed by atoms with E-state index in [2.05, 4.69) is 105 Å². The molecular weight excluding hydrogens is 391 g/mol. The maximum Gasteiger partial charge on any atom is 0.176 e. The zero-order valence-corrected chi connectivity index (χ0v) is 18.8. The van der Waals surface area contributed by atoms with Crippen molar-refractivity contribution >= 4 is 34.5 Å². The Morgan fingerprint density at radius 2 is 1.10 bits per heavy atom. The number of hydrogen-bond acceptors (Lipinski definition) is 2. The summed E-state index contributed by atoms with van der Waals surface area (Å²) in [5.74, 6) is 0. The summed E-state index contributed by atoms with van der Waals surface area (Å²) in [6.07, 6.45) is 1.00. The van der Waals surface area contributed by atoms with E-state index in [4.69, 9.17) is 4.74 Å². The molecule has 0 radical (unpaired) electrons. The first-order valence-electron chi connectivity index (χ1n) is 9.84. The van der Waals surface area contributed by atoms with Crippen molar-refractivity contribution in [3.63, 3.8) is 0 Å². The van der Waals surface area contributed by atoms with E-state index in [1.165, 1.54) is 31.9 Å². The minimum absolute atomic E-state index is 1.00. The smallest absolute Gasteiger partial charge is 0.176 e. The maximum atomic E-state index is 5.67. The number of aryl methyl sites for hydroxylation is 1. The Kier molecular flexibility index (Phi) is 5.85. The first-order chi connectivity index (χ1) is 14.2. The lowest BCUT2D eigenvalue weighted by molar-refractivity contribution is 0.424. The first kappa shape index (κ1) is 19.9. The molecule has 1 nitrogen and oxygen atoms in total. The third-order valence-corrected chi connectivity index (χ3v) is 11.1. The molecule has 29 heavy (non-hydrogen) atoms. The molecule has 4 rings (SSSR count). The SMILES string of the molecule is COc1sc(C)c(C[P+](c2ccccc2)(c2ccccc2)c2ccccc2)c1C. The Hall–Kier alpha value is -2.41. The van der Waals surface area contributed by atoms with Crippen molar-refractivity contribution in [3.8, 4) is 5.06 Å². The minimum atomic E-state index is -1.88. The summed E-state index contributed by atoms with van der Waals surface area (Å²) < 4.78 is 5.67. The number of benzene rings is 3. The lowest BCUT2D eigenvalue weighted by Gasteiger charge is -2.28. The van der Waals surface area contributed by atoms with Gasteiger partial charge in [0.05, 0.1) is 13.3 Å². The molecule has 0 aliphatic heterocycles. The van der Waals surface area contributed by atoms with Gasteiger partial charge >= 0.3 is 0 Å². The highest BCUT2D eigenvalue weighted by molar-refractivity contribution is 7.95. The predicted octanol–water partition coefficient (Wildman–Crippen LogP) is 5.87. The second-order valence-corrected chi connectivity index (χ2v) is 11.9. The molecule has 0 spiro atoms. The highest BCUT2D eigenvalue weighted by Crippen LogP contribution is 2.59. The van der Waals surface area contributed by atoms with Crippen LogP contribution in [0.25, 0.3) is 0 Å². The van der Waals surface area contributed by atoms with Crippen LogP contribution in [0.1, 0.15) is 16.0 Å². The standard InChI is InChI=1S/C26H26OPS/c1-20-25(21(2)29-26(20)27-3)19-28(22-13-7-4-8-14-22,23-15-9-5-10-16-23)24-17-11-6-12-18-24/h4-18H,19H2,1-3H3/q+1. The van der Waals surface area contributed by atoms with Gasteiger partial charge in [-0.2, -0.15) is 0 Å². The Morgan fingerprint density at radius 3 is 1.45 bits per heavy atom. The Balaban J connectivity index is 2.02. The summed E-state index contributed by atoms with van der Waals surface area (Å²) in [5.41, 5.74) is 2.71. The van der Waals surface area contributed by atoms with Gasteiger partial charge in [-0.1, -0.05) is 54.6 Å². The highest BCUT2D eigenvalue weighted by Gasteiger charge is 2.46. The van der Waals surface area contributed by atoms with E-state index in [1.54, 1.807) is 18.4 Å². The highest BCUT2D eigenvalue weighted by atomic mass is 32.1. The van der Waals surface area contributed by atoms with Gasteiger partial charge < -0.3 is 4.74 Å². The zero-order chi connectivity index (χ0) is 20.3. The van der Waals surface area contributed by atoms with Crippen molar-refractivity contribution < 1.29 is 4.74 Å². The third-order valence-electron chi connectivity index (χ3n) is 5.60. The van der Waals surface area contributed by atoms with E-state index in [0.717, 1.165) is 11.2 Å². The van der Waals surface area contributed by atoms with Crippen molar-refractivity contribution in [3.05, 3.63) is 107 Å². The van der Waals surface area contributed by atoms with Gasteiger partial charge in [0.25, 0.3) is 0 Å². The van der Waals surface area contributed by atoms with Crippen LogP contribution in [-0.4, -0.2) is 7.11 Å². The average molecular weight is 418 g/mol. The molecule has 3 aromatic carbocycles. The van der Waals surface area contributed by atoms with E-state index in [0.29, 0.717) is 0 Å². The van der Waals surface area contributed by atoms with Crippen LogP contribution in [0.2, 0.25) is 0 Å². The van der Waals surface area contributed by atoms with E-state index in [9.17, 15) is 0 Å². The Labute approximate surface area is 178 Å². The van der Waals surface area contributed by atoms with E-state index in [1.807, 2.05) is 0 Å². The first-order valence-corrected chi connectivity index (χ1v) is 12.6. The fraction of sp³-hybridized carbons (Fsp3) is 0.154. The third kappa shape index (κ3) is 3.64. The van der Waals surface area contributed by atoms with Crippen molar-refractivity contribution in [2.75, 3.05) is 7.11 Å². The molecule has 1 heterocycles. The fourth-order valence-electron chi connectivity index (χ4n) is 4.09. The summed E-state index contributed by atoms with van der Waals surface area (Å²) in [6.45, 7) is 4.43. The van der Waals surface area contributed by atoms with Crippen LogP contribution in [0.15, 0.2) is 91.0 Å². The lowest BCUT2D eigenvalue weighted by Crippen LogP contribution is -2.32. The molecule has 0 bridgehead atoms. The second kappa shape index (κ2) is 8.53. The summed E-state index contributed by atoms with van der Waals surface area (Å²) in [7, 11) is -0.101. The number of ether oxygens (including phenoxy) is 1. The van der Waals surface area contributed by atoms with E-state index < -0.39 is 7.26 Å². The average Bonchev–Trinajstić information content (AvgIpc) is 3.06. The topological polar surface area (TPSA) is 9.23 Å². The molecule has 0 aliphatic rings. The minimum Gasteiger partial charge on any atom is -0.487 e. The van der Waals surface area contributed by atoms with Crippen LogP contribution in [0, 0.1) is 13.8 Å². The van der Waals surface area contributed by atoms with Crippen LogP contribution in [0.3, 0.4) is 0 Å². The summed E-state index contributed by atoms with van der Waals surface area (Å²) in [6, 6.07) is 33.2. The van der Waals surface area contributed by atoms with Crippen LogP contribution >= 0.6 is 18.6 Å². The van der Waals surface area contributed by atoms with Crippen molar-refractivity contribution in [1.82, 2.24) is 0 Å². The molecule has 3 heteroatoms. The van der Waals surface area contributed by atoms with Crippen LogP contribution in [0.5, 0.6) is 5.06 Å².